The Hall–Kier alpha value is -3.24. The van der Waals surface area contributed by atoms with Crippen LogP contribution in [0.3, 0.4) is 0 Å². The first-order chi connectivity index (χ1) is 13.3. The average Bonchev–Trinajstić information content (AvgIpc) is 3.25. The topological polar surface area (TPSA) is 29.6 Å². The lowest BCUT2D eigenvalue weighted by molar-refractivity contribution is 0.924. The van der Waals surface area contributed by atoms with Gasteiger partial charge in [-0.15, -0.1) is 11.3 Å². The number of benzene rings is 3. The molecule has 0 saturated carbocycles. The molecule has 3 aliphatic rings. The standard InChI is InChI=1S/C23H15N3S/c1-26-19-11-14(15-12-24-25-13-15)9-10-16(19)17-6-4-8-21-22(17)23(26)18-5-2-3-7-20(18)27-21/h2-13H,1H3. The Kier molecular flexibility index (Phi) is 2.96. The summed E-state index contributed by atoms with van der Waals surface area (Å²) in [5, 5.41) is 15.6. The second kappa shape index (κ2) is 5.38. The maximum atomic E-state index is 3.98. The summed E-state index contributed by atoms with van der Waals surface area (Å²) in [6, 6.07) is 22.0. The highest BCUT2D eigenvalue weighted by molar-refractivity contribution is 7.23. The third kappa shape index (κ3) is 2.02. The lowest BCUT2D eigenvalue weighted by Gasteiger charge is -2.15. The molecule has 0 spiro atoms. The molecule has 0 fully saturated rings. The fraction of sp³-hybridized carbons (Fsp3) is 0.0435. The first kappa shape index (κ1) is 14.9. The smallest absolute Gasteiger partial charge is 0.0590 e. The van der Waals surface area contributed by atoms with E-state index in [1.165, 1.54) is 41.6 Å². The SMILES string of the molecule is Cn1c2c3ccccc3sc3cccc(c3=2)c2ccc(=C3C=NN=C3)cc21. The molecule has 0 bridgehead atoms. The van der Waals surface area contributed by atoms with E-state index in [1.54, 1.807) is 0 Å². The maximum absolute atomic E-state index is 3.98. The number of rotatable bonds is 0. The number of aromatic nitrogens is 1. The van der Waals surface area contributed by atoms with Crippen molar-refractivity contribution in [1.82, 2.24) is 4.57 Å². The molecule has 0 saturated heterocycles. The fourth-order valence-corrected chi connectivity index (χ4v) is 5.26. The molecule has 3 aliphatic heterocycles. The minimum Gasteiger partial charge on any atom is -0.343 e. The van der Waals surface area contributed by atoms with Crippen molar-refractivity contribution in [2.75, 3.05) is 0 Å². The van der Waals surface area contributed by atoms with Crippen LogP contribution in [0.25, 0.3) is 36.6 Å². The normalized spacial score (nSPS) is 13.7. The van der Waals surface area contributed by atoms with E-state index in [1.807, 2.05) is 23.8 Å². The molecular formula is C23H15N3S. The second-order valence-electron chi connectivity index (χ2n) is 6.86. The summed E-state index contributed by atoms with van der Waals surface area (Å²) in [6.07, 6.45) is 3.63. The Balaban J connectivity index is 1.97. The van der Waals surface area contributed by atoms with Gasteiger partial charge in [-0.3, -0.25) is 0 Å². The lowest BCUT2D eigenvalue weighted by Crippen LogP contribution is -2.09. The average molecular weight is 365 g/mol. The Morgan fingerprint density at radius 2 is 1.56 bits per heavy atom. The molecule has 3 aromatic carbocycles. The molecule has 0 aromatic heterocycles. The monoisotopic (exact) mass is 365 g/mol. The zero-order valence-corrected chi connectivity index (χ0v) is 15.5. The van der Waals surface area contributed by atoms with Gasteiger partial charge >= 0.3 is 0 Å². The van der Waals surface area contributed by atoms with Gasteiger partial charge in [0.15, 0.2) is 0 Å². The molecule has 0 N–H and O–H groups in total. The van der Waals surface area contributed by atoms with Crippen molar-refractivity contribution in [3.05, 3.63) is 76.5 Å². The van der Waals surface area contributed by atoms with E-state index in [4.69, 9.17) is 0 Å². The van der Waals surface area contributed by atoms with E-state index in [0.717, 1.165) is 10.8 Å². The van der Waals surface area contributed by atoms with Gasteiger partial charge in [-0.1, -0.05) is 42.5 Å². The minimum absolute atomic E-state index is 1.05. The van der Waals surface area contributed by atoms with Gasteiger partial charge in [0.05, 0.1) is 17.8 Å². The van der Waals surface area contributed by atoms with Crippen LogP contribution in [-0.2, 0) is 7.05 Å². The van der Waals surface area contributed by atoms with Crippen LogP contribution >= 0.6 is 11.3 Å². The number of fused-ring (bicyclic) bond motifs is 4. The third-order valence-corrected chi connectivity index (χ3v) is 6.54. The number of hydrogen-bond acceptors (Lipinski definition) is 3. The van der Waals surface area contributed by atoms with Crippen LogP contribution in [-0.4, -0.2) is 17.0 Å². The van der Waals surface area contributed by atoms with Gasteiger partial charge in [-0.25, -0.2) is 0 Å². The van der Waals surface area contributed by atoms with Crippen molar-refractivity contribution in [1.29, 1.82) is 0 Å². The number of aryl methyl sites for hydroxylation is 1. The third-order valence-electron chi connectivity index (χ3n) is 5.40. The van der Waals surface area contributed by atoms with E-state index >= 15 is 0 Å². The molecule has 0 aliphatic carbocycles. The Morgan fingerprint density at radius 1 is 0.778 bits per heavy atom. The van der Waals surface area contributed by atoms with E-state index in [0.29, 0.717) is 0 Å². The summed E-state index contributed by atoms with van der Waals surface area (Å²) in [4.78, 5) is 0. The first-order valence-electron chi connectivity index (χ1n) is 8.91. The van der Waals surface area contributed by atoms with Crippen LogP contribution < -0.4 is 5.22 Å². The summed E-state index contributed by atoms with van der Waals surface area (Å²) in [5.41, 5.74) is 2.27. The molecule has 0 unspecified atom stereocenters. The maximum Gasteiger partial charge on any atom is 0.0590 e. The fourth-order valence-electron chi connectivity index (χ4n) is 4.15. The van der Waals surface area contributed by atoms with Gasteiger partial charge in [0.2, 0.25) is 0 Å². The molecule has 0 atom stereocenters. The predicted octanol–water partition coefficient (Wildman–Crippen LogP) is 4.77. The summed E-state index contributed by atoms with van der Waals surface area (Å²) in [5.74, 6) is 0. The van der Waals surface area contributed by atoms with Crippen molar-refractivity contribution in [3.63, 3.8) is 0 Å². The Morgan fingerprint density at radius 3 is 2.44 bits per heavy atom. The van der Waals surface area contributed by atoms with E-state index in [2.05, 4.69) is 82.5 Å². The van der Waals surface area contributed by atoms with Crippen molar-refractivity contribution in [2.45, 2.75) is 0 Å². The van der Waals surface area contributed by atoms with E-state index < -0.39 is 0 Å². The van der Waals surface area contributed by atoms with Crippen molar-refractivity contribution < 1.29 is 0 Å². The Bertz CT molecular complexity index is 1570. The molecule has 6 rings (SSSR count). The number of hydrogen-bond donors (Lipinski definition) is 0. The van der Waals surface area contributed by atoms with Gasteiger partial charge in [-0.2, -0.15) is 10.2 Å². The molecular weight excluding hydrogens is 350 g/mol. The Labute approximate surface area is 158 Å². The highest BCUT2D eigenvalue weighted by Gasteiger charge is 2.11. The molecule has 128 valence electrons. The van der Waals surface area contributed by atoms with Gasteiger partial charge in [0.25, 0.3) is 0 Å². The summed E-state index contributed by atoms with van der Waals surface area (Å²) in [6.45, 7) is 0. The molecule has 0 radical (unpaired) electrons. The molecule has 3 heterocycles. The van der Waals surface area contributed by atoms with Crippen molar-refractivity contribution in [3.8, 4) is 0 Å². The van der Waals surface area contributed by atoms with E-state index in [9.17, 15) is 0 Å². The first-order valence-corrected chi connectivity index (χ1v) is 9.72. The molecule has 27 heavy (non-hydrogen) atoms. The van der Waals surface area contributed by atoms with Crippen LogP contribution in [0.1, 0.15) is 0 Å². The van der Waals surface area contributed by atoms with Gasteiger partial charge < -0.3 is 4.57 Å². The molecule has 3 nitrogen and oxygen atoms in total. The minimum atomic E-state index is 1.05. The highest BCUT2D eigenvalue weighted by Crippen LogP contribution is 2.32. The highest BCUT2D eigenvalue weighted by atomic mass is 32.1. The largest absolute Gasteiger partial charge is 0.343 e. The molecule has 4 heteroatoms. The lowest BCUT2D eigenvalue weighted by atomic mass is 10.0. The van der Waals surface area contributed by atoms with Crippen LogP contribution in [0.5, 0.6) is 0 Å². The van der Waals surface area contributed by atoms with Crippen LogP contribution in [0, 0.1) is 10.6 Å². The van der Waals surface area contributed by atoms with Gasteiger partial charge in [-0.05, 0) is 28.8 Å². The van der Waals surface area contributed by atoms with Crippen LogP contribution in [0.2, 0.25) is 0 Å². The zero-order chi connectivity index (χ0) is 18.0. The summed E-state index contributed by atoms with van der Waals surface area (Å²) in [7, 11) is 2.17. The predicted molar refractivity (Wildman–Crippen MR) is 116 cm³/mol. The summed E-state index contributed by atoms with van der Waals surface area (Å²) >= 11 is 1.86. The van der Waals surface area contributed by atoms with Gasteiger partial charge in [0, 0.05) is 43.5 Å². The summed E-state index contributed by atoms with van der Waals surface area (Å²) < 4.78 is 4.98. The van der Waals surface area contributed by atoms with Crippen molar-refractivity contribution >= 4 is 60.4 Å². The van der Waals surface area contributed by atoms with Gasteiger partial charge in [0.1, 0.15) is 0 Å². The van der Waals surface area contributed by atoms with Crippen LogP contribution in [0.15, 0.2) is 70.9 Å². The molecule has 0 amide bonds. The quantitative estimate of drug-likeness (QED) is 0.378. The second-order valence-corrected chi connectivity index (χ2v) is 7.94. The number of nitrogens with zero attached hydrogens (tertiary/aromatic N) is 3. The zero-order valence-electron chi connectivity index (χ0n) is 14.7. The molecule has 3 aromatic rings. The van der Waals surface area contributed by atoms with E-state index in [-0.39, 0.29) is 0 Å². The van der Waals surface area contributed by atoms with Crippen molar-refractivity contribution in [2.24, 2.45) is 17.3 Å². The van der Waals surface area contributed by atoms with Crippen LogP contribution in [0.4, 0.5) is 0 Å².